The zero-order chi connectivity index (χ0) is 12.4. The van der Waals surface area contributed by atoms with Crippen LogP contribution in [0.3, 0.4) is 0 Å². The van der Waals surface area contributed by atoms with Crippen LogP contribution in [-0.2, 0) is 11.2 Å². The van der Waals surface area contributed by atoms with E-state index >= 15 is 0 Å². The van der Waals surface area contributed by atoms with Gasteiger partial charge in [-0.15, -0.1) is 11.3 Å². The monoisotopic (exact) mass is 251 g/mol. The Morgan fingerprint density at radius 2 is 2.35 bits per heavy atom. The summed E-state index contributed by atoms with van der Waals surface area (Å²) in [6, 6.07) is 4.89. The molecule has 0 saturated heterocycles. The molecule has 17 heavy (non-hydrogen) atoms. The quantitative estimate of drug-likeness (QED) is 0.870. The van der Waals surface area contributed by atoms with Crippen molar-refractivity contribution in [3.8, 4) is 5.75 Å². The van der Waals surface area contributed by atoms with E-state index in [1.165, 1.54) is 0 Å². The summed E-state index contributed by atoms with van der Waals surface area (Å²) in [7, 11) is 1.62. The third-order valence-electron chi connectivity index (χ3n) is 2.62. The number of carboxylic acid groups (broad SMARTS) is 1. The van der Waals surface area contributed by atoms with Gasteiger partial charge in [0.1, 0.15) is 11.8 Å². The summed E-state index contributed by atoms with van der Waals surface area (Å²) in [5.74, 6) is -0.175. The average Bonchev–Trinajstić information content (AvgIpc) is 2.71. The van der Waals surface area contributed by atoms with Crippen molar-refractivity contribution in [2.45, 2.75) is 12.5 Å². The molecule has 1 heterocycles. The average molecular weight is 251 g/mol. The molecule has 0 aliphatic rings. The first-order valence-corrected chi connectivity index (χ1v) is 6.02. The number of thiophene rings is 1. The van der Waals surface area contributed by atoms with Gasteiger partial charge in [-0.05, 0) is 40.9 Å². The second-order valence-corrected chi connectivity index (χ2v) is 4.68. The number of rotatable bonds is 4. The lowest BCUT2D eigenvalue weighted by Gasteiger charge is -2.05. The van der Waals surface area contributed by atoms with Crippen LogP contribution in [-0.4, -0.2) is 24.2 Å². The highest BCUT2D eigenvalue weighted by atomic mass is 32.1. The molecule has 0 bridgehead atoms. The predicted molar refractivity (Wildman–Crippen MR) is 67.7 cm³/mol. The van der Waals surface area contributed by atoms with Gasteiger partial charge in [0.05, 0.1) is 7.11 Å². The van der Waals surface area contributed by atoms with Crippen molar-refractivity contribution >= 4 is 27.4 Å². The van der Waals surface area contributed by atoms with Crippen LogP contribution in [0.1, 0.15) is 5.56 Å². The molecule has 0 aliphatic carbocycles. The van der Waals surface area contributed by atoms with Crippen molar-refractivity contribution < 1.29 is 14.6 Å². The molecule has 2 aromatic rings. The van der Waals surface area contributed by atoms with Gasteiger partial charge in [-0.25, -0.2) is 0 Å². The maximum atomic E-state index is 10.7. The van der Waals surface area contributed by atoms with Crippen molar-refractivity contribution in [2.24, 2.45) is 5.73 Å². The highest BCUT2D eigenvalue weighted by molar-refractivity contribution is 7.17. The number of aliphatic carboxylic acids is 1. The molecule has 0 fully saturated rings. The van der Waals surface area contributed by atoms with Crippen LogP contribution in [0.2, 0.25) is 0 Å². The fraction of sp³-hybridized carbons (Fsp3) is 0.250. The SMILES string of the molecule is COc1ccc2c(CC(N)C(=O)O)csc2c1. The fourth-order valence-corrected chi connectivity index (χ4v) is 2.68. The fourth-order valence-electron chi connectivity index (χ4n) is 1.67. The van der Waals surface area contributed by atoms with Gasteiger partial charge < -0.3 is 15.6 Å². The van der Waals surface area contributed by atoms with E-state index in [4.69, 9.17) is 15.6 Å². The molecule has 90 valence electrons. The Morgan fingerprint density at radius 1 is 1.59 bits per heavy atom. The van der Waals surface area contributed by atoms with Crippen molar-refractivity contribution in [1.82, 2.24) is 0 Å². The van der Waals surface area contributed by atoms with E-state index in [2.05, 4.69) is 0 Å². The van der Waals surface area contributed by atoms with E-state index < -0.39 is 12.0 Å². The highest BCUT2D eigenvalue weighted by Crippen LogP contribution is 2.30. The predicted octanol–water partition coefficient (Wildman–Crippen LogP) is 1.86. The standard InChI is InChI=1S/C12H13NO3S/c1-16-8-2-3-9-7(4-10(13)12(14)15)6-17-11(9)5-8/h2-3,5-6,10H,4,13H2,1H3,(H,14,15). The van der Waals surface area contributed by atoms with Crippen LogP contribution in [0.15, 0.2) is 23.6 Å². The molecule has 0 radical (unpaired) electrons. The minimum Gasteiger partial charge on any atom is -0.497 e. The van der Waals surface area contributed by atoms with Crippen molar-refractivity contribution in [3.05, 3.63) is 29.1 Å². The van der Waals surface area contributed by atoms with Gasteiger partial charge in [0.25, 0.3) is 0 Å². The van der Waals surface area contributed by atoms with E-state index in [1.807, 2.05) is 23.6 Å². The number of ether oxygens (including phenoxy) is 1. The second-order valence-electron chi connectivity index (χ2n) is 3.77. The van der Waals surface area contributed by atoms with Gasteiger partial charge in [-0.1, -0.05) is 0 Å². The zero-order valence-corrected chi connectivity index (χ0v) is 10.2. The number of hydrogen-bond acceptors (Lipinski definition) is 4. The molecule has 1 unspecified atom stereocenters. The minimum absolute atomic E-state index is 0.349. The van der Waals surface area contributed by atoms with Crippen molar-refractivity contribution in [2.75, 3.05) is 7.11 Å². The summed E-state index contributed by atoms with van der Waals surface area (Å²) < 4.78 is 6.22. The molecule has 1 aromatic carbocycles. The molecule has 1 aromatic heterocycles. The summed E-state index contributed by atoms with van der Waals surface area (Å²) in [6.07, 6.45) is 0.349. The second kappa shape index (κ2) is 4.73. The maximum Gasteiger partial charge on any atom is 0.320 e. The lowest BCUT2D eigenvalue weighted by atomic mass is 10.1. The van der Waals surface area contributed by atoms with Gasteiger partial charge in [0, 0.05) is 4.70 Å². The molecule has 4 nitrogen and oxygen atoms in total. The summed E-state index contributed by atoms with van der Waals surface area (Å²) in [5.41, 5.74) is 6.51. The van der Waals surface area contributed by atoms with Gasteiger partial charge in [0.2, 0.25) is 0 Å². The topological polar surface area (TPSA) is 72.5 Å². The van der Waals surface area contributed by atoms with Crippen LogP contribution >= 0.6 is 11.3 Å². The molecule has 3 N–H and O–H groups in total. The largest absolute Gasteiger partial charge is 0.497 e. The number of benzene rings is 1. The Balaban J connectivity index is 2.33. The van der Waals surface area contributed by atoms with E-state index in [0.29, 0.717) is 6.42 Å². The zero-order valence-electron chi connectivity index (χ0n) is 9.34. The summed E-state index contributed by atoms with van der Waals surface area (Å²) in [4.78, 5) is 10.7. The smallest absolute Gasteiger partial charge is 0.320 e. The highest BCUT2D eigenvalue weighted by Gasteiger charge is 2.15. The van der Waals surface area contributed by atoms with E-state index in [0.717, 1.165) is 21.4 Å². The Morgan fingerprint density at radius 3 is 3.00 bits per heavy atom. The first-order chi connectivity index (χ1) is 8.11. The molecular formula is C12H13NO3S. The number of nitrogens with two attached hydrogens (primary N) is 1. The van der Waals surface area contributed by atoms with Crippen molar-refractivity contribution in [3.63, 3.8) is 0 Å². The van der Waals surface area contributed by atoms with Crippen LogP contribution in [0.25, 0.3) is 10.1 Å². The first-order valence-electron chi connectivity index (χ1n) is 5.14. The van der Waals surface area contributed by atoms with E-state index in [1.54, 1.807) is 18.4 Å². The molecule has 0 amide bonds. The summed E-state index contributed by atoms with van der Waals surface area (Å²) in [6.45, 7) is 0. The van der Waals surface area contributed by atoms with Crippen LogP contribution in [0, 0.1) is 0 Å². The van der Waals surface area contributed by atoms with E-state index in [-0.39, 0.29) is 0 Å². The third-order valence-corrected chi connectivity index (χ3v) is 3.61. The van der Waals surface area contributed by atoms with Crippen molar-refractivity contribution in [1.29, 1.82) is 0 Å². The Kier molecular flexibility index (Phi) is 3.31. The van der Waals surface area contributed by atoms with Crippen LogP contribution in [0.5, 0.6) is 5.75 Å². The Hall–Kier alpha value is -1.59. The number of carboxylic acids is 1. The van der Waals surface area contributed by atoms with E-state index in [9.17, 15) is 4.79 Å². The molecular weight excluding hydrogens is 238 g/mol. The number of carbonyl (C=O) groups is 1. The van der Waals surface area contributed by atoms with Gasteiger partial charge in [-0.3, -0.25) is 4.79 Å². The Labute approximate surface area is 103 Å². The Bertz CT molecular complexity index is 550. The number of methoxy groups -OCH3 is 1. The van der Waals surface area contributed by atoms with Gasteiger partial charge >= 0.3 is 5.97 Å². The van der Waals surface area contributed by atoms with Crippen LogP contribution < -0.4 is 10.5 Å². The molecule has 0 saturated carbocycles. The number of fused-ring (bicyclic) bond motifs is 1. The molecule has 5 heteroatoms. The summed E-state index contributed by atoms with van der Waals surface area (Å²) in [5, 5.41) is 11.8. The minimum atomic E-state index is -0.974. The van der Waals surface area contributed by atoms with Gasteiger partial charge in [0.15, 0.2) is 0 Å². The first kappa shape index (κ1) is 11.9. The lowest BCUT2D eigenvalue weighted by molar-refractivity contribution is -0.138. The third kappa shape index (κ3) is 2.40. The van der Waals surface area contributed by atoms with Gasteiger partial charge in [-0.2, -0.15) is 0 Å². The lowest BCUT2D eigenvalue weighted by Crippen LogP contribution is -2.32. The molecule has 0 spiro atoms. The van der Waals surface area contributed by atoms with Crippen LogP contribution in [0.4, 0.5) is 0 Å². The molecule has 1 atom stereocenters. The number of hydrogen-bond donors (Lipinski definition) is 2. The summed E-state index contributed by atoms with van der Waals surface area (Å²) >= 11 is 1.57. The maximum absolute atomic E-state index is 10.7. The normalized spacial score (nSPS) is 12.6. The molecule has 2 rings (SSSR count). The molecule has 0 aliphatic heterocycles.